The van der Waals surface area contributed by atoms with Gasteiger partial charge in [0, 0.05) is 11.9 Å². The minimum Gasteiger partial charge on any atom is -0.330 e. The van der Waals surface area contributed by atoms with Crippen LogP contribution in [0.25, 0.3) is 0 Å². The molecular weight excluding hydrogens is 114 g/mol. The maximum absolute atomic E-state index is 10.7. The summed E-state index contributed by atoms with van der Waals surface area (Å²) in [4.78, 5) is 10.7. The molecule has 0 rings (SSSR count). The lowest BCUT2D eigenvalue weighted by Crippen LogP contribution is -1.98. The highest BCUT2D eigenvalue weighted by Gasteiger charge is 1.91. The maximum atomic E-state index is 10.7. The predicted octanol–water partition coefficient (Wildman–Crippen LogP) is 1.09. The summed E-state index contributed by atoms with van der Waals surface area (Å²) in [5.41, 5.74) is 5.07. The van der Waals surface area contributed by atoms with Gasteiger partial charge in [-0.25, -0.2) is 0 Å². The molecule has 0 heterocycles. The normalized spacial score (nSPS) is 19.3. The molecule has 0 aromatic heterocycles. The molecule has 9 heavy (non-hydrogen) atoms. The Morgan fingerprint density at radius 3 is 2.67 bits per heavy atom. The molecule has 0 aromatic rings. The van der Waals surface area contributed by atoms with E-state index in [1.165, 1.54) is 6.92 Å². The Labute approximate surface area is 62.1 Å². The molecule has 0 saturated heterocycles. The summed E-state index contributed by atoms with van der Waals surface area (Å²) in [6, 6.07) is 0. The van der Waals surface area contributed by atoms with Crippen molar-refractivity contribution in [3.63, 3.8) is 0 Å². The fourth-order valence-electron chi connectivity index (χ4n) is 0.455. The van der Waals surface area contributed by atoms with E-state index in [4.69, 9.17) is 11.2 Å². The summed E-state index contributed by atoms with van der Waals surface area (Å²) in [6.07, 6.45) is -1.47. The summed E-state index contributed by atoms with van der Waals surface area (Å²) in [6.45, 7) is -0.579. The number of hydrogen-bond donors (Lipinski definition) is 1. The lowest BCUT2D eigenvalue weighted by molar-refractivity contribution is -0.117. The number of carbonyl (C=O) groups excluding carboxylic acids is 1. The third kappa shape index (κ3) is 7.63. The second-order valence-corrected chi connectivity index (χ2v) is 1.79. The van der Waals surface area contributed by atoms with Gasteiger partial charge in [0.2, 0.25) is 0 Å². The van der Waals surface area contributed by atoms with E-state index >= 15 is 0 Å². The van der Waals surface area contributed by atoms with Crippen molar-refractivity contribution in [3.8, 4) is 0 Å². The zero-order chi connectivity index (χ0) is 10.7. The number of rotatable bonds is 5. The maximum Gasteiger partial charge on any atom is 0.129 e. The highest BCUT2D eigenvalue weighted by molar-refractivity contribution is 5.75. The number of hydrogen-bond acceptors (Lipinski definition) is 2. The van der Waals surface area contributed by atoms with Crippen molar-refractivity contribution in [1.82, 2.24) is 0 Å². The molecular formula is C7H15NO. The first-order valence-corrected chi connectivity index (χ1v) is 2.95. The minimum atomic E-state index is -1.84. The highest BCUT2D eigenvalue weighted by Crippen LogP contribution is 1.98. The van der Waals surface area contributed by atoms with Gasteiger partial charge in [-0.2, -0.15) is 0 Å². The molecule has 0 aliphatic carbocycles. The molecule has 0 aliphatic rings. The molecule has 0 aliphatic heterocycles. The second kappa shape index (κ2) is 5.76. The average Bonchev–Trinajstić information content (AvgIpc) is 1.82. The molecule has 0 amide bonds. The zero-order valence-electron chi connectivity index (χ0n) is 9.61. The molecule has 0 atom stereocenters. The smallest absolute Gasteiger partial charge is 0.129 e. The molecule has 0 spiro atoms. The number of carbonyl (C=O) groups is 1. The number of nitrogens with two attached hydrogens (primary N) is 1. The van der Waals surface area contributed by atoms with Crippen molar-refractivity contribution < 1.29 is 10.3 Å². The standard InChI is InChI=1S/C7H15NO/c1-7(9)5-3-2-4-6-8/h2-6,8H2,1H3/i5D2,6D2. The van der Waals surface area contributed by atoms with Crippen LogP contribution >= 0.6 is 0 Å². The van der Waals surface area contributed by atoms with Gasteiger partial charge in [-0.15, -0.1) is 0 Å². The van der Waals surface area contributed by atoms with Crippen LogP contribution in [0.1, 0.15) is 38.0 Å². The third-order valence-corrected chi connectivity index (χ3v) is 0.872. The fourth-order valence-corrected chi connectivity index (χ4v) is 0.455. The average molecular weight is 133 g/mol. The van der Waals surface area contributed by atoms with Gasteiger partial charge >= 0.3 is 0 Å². The minimum absolute atomic E-state index is 0.0268. The van der Waals surface area contributed by atoms with E-state index in [0.29, 0.717) is 0 Å². The lowest BCUT2D eigenvalue weighted by Gasteiger charge is -1.93. The molecule has 0 fully saturated rings. The van der Waals surface area contributed by atoms with Crippen LogP contribution in [0.5, 0.6) is 0 Å². The Morgan fingerprint density at radius 2 is 2.22 bits per heavy atom. The van der Waals surface area contributed by atoms with Crippen LogP contribution in [0, 0.1) is 0 Å². The van der Waals surface area contributed by atoms with Crippen molar-refractivity contribution in [1.29, 1.82) is 0 Å². The molecule has 0 bridgehead atoms. The van der Waals surface area contributed by atoms with E-state index < -0.39 is 18.7 Å². The van der Waals surface area contributed by atoms with Gasteiger partial charge in [-0.05, 0) is 26.3 Å². The molecule has 0 aromatic carbocycles. The van der Waals surface area contributed by atoms with Crippen molar-refractivity contribution in [2.24, 2.45) is 5.73 Å². The third-order valence-electron chi connectivity index (χ3n) is 0.872. The quantitative estimate of drug-likeness (QED) is 0.610. The van der Waals surface area contributed by atoms with Gasteiger partial charge in [0.1, 0.15) is 5.78 Å². The van der Waals surface area contributed by atoms with Crippen LogP contribution in [-0.2, 0) is 4.79 Å². The van der Waals surface area contributed by atoms with Crippen LogP contribution in [-0.4, -0.2) is 12.3 Å². The van der Waals surface area contributed by atoms with E-state index in [1.807, 2.05) is 0 Å². The SMILES string of the molecule is [2H]C([2H])(N)CCCC([2H])([2H])C(C)=O. The van der Waals surface area contributed by atoms with E-state index in [-0.39, 0.29) is 19.3 Å². The summed E-state index contributed by atoms with van der Waals surface area (Å²) in [5, 5.41) is 0. The summed E-state index contributed by atoms with van der Waals surface area (Å²) < 4.78 is 28.5. The van der Waals surface area contributed by atoms with E-state index in [9.17, 15) is 4.79 Å². The van der Waals surface area contributed by atoms with Crippen molar-refractivity contribution in [3.05, 3.63) is 0 Å². The van der Waals surface area contributed by atoms with Crippen molar-refractivity contribution in [2.45, 2.75) is 32.6 Å². The van der Waals surface area contributed by atoms with Crippen LogP contribution in [0.2, 0.25) is 0 Å². The Balaban J connectivity index is 3.84. The second-order valence-electron chi connectivity index (χ2n) is 1.79. The topological polar surface area (TPSA) is 43.1 Å². The predicted molar refractivity (Wildman–Crippen MR) is 38.2 cm³/mol. The lowest BCUT2D eigenvalue weighted by atomic mass is 10.1. The Morgan fingerprint density at radius 1 is 1.56 bits per heavy atom. The first kappa shape index (κ1) is 3.71. The largest absolute Gasteiger partial charge is 0.330 e. The van der Waals surface area contributed by atoms with Gasteiger partial charge in [0.25, 0.3) is 0 Å². The highest BCUT2D eigenvalue weighted by atomic mass is 16.1. The fraction of sp³-hybridized carbons (Fsp3) is 0.857. The molecule has 2 nitrogen and oxygen atoms in total. The van der Waals surface area contributed by atoms with Gasteiger partial charge in [0.15, 0.2) is 0 Å². The van der Waals surface area contributed by atoms with E-state index in [1.54, 1.807) is 0 Å². The van der Waals surface area contributed by atoms with Crippen LogP contribution in [0.3, 0.4) is 0 Å². The Hall–Kier alpha value is -0.370. The van der Waals surface area contributed by atoms with Crippen LogP contribution in [0.4, 0.5) is 0 Å². The van der Waals surface area contributed by atoms with Crippen molar-refractivity contribution in [2.75, 3.05) is 6.50 Å². The molecule has 2 heteroatoms. The first-order valence-electron chi connectivity index (χ1n) is 4.95. The van der Waals surface area contributed by atoms with E-state index in [2.05, 4.69) is 0 Å². The molecule has 54 valence electrons. The molecule has 0 saturated carbocycles. The van der Waals surface area contributed by atoms with Crippen LogP contribution in [0.15, 0.2) is 0 Å². The Kier molecular flexibility index (Phi) is 2.38. The molecule has 0 radical (unpaired) electrons. The Bertz CT molecular complexity index is 187. The van der Waals surface area contributed by atoms with E-state index in [0.717, 1.165) is 0 Å². The van der Waals surface area contributed by atoms with Gasteiger partial charge in [-0.3, -0.25) is 0 Å². The van der Waals surface area contributed by atoms with Crippen LogP contribution < -0.4 is 5.73 Å². The van der Waals surface area contributed by atoms with Gasteiger partial charge in [0.05, 0.1) is 0 Å². The summed E-state index contributed by atoms with van der Waals surface area (Å²) in [7, 11) is 0. The first-order chi connectivity index (χ1) is 5.65. The molecule has 0 unspecified atom stereocenters. The number of ketones is 1. The van der Waals surface area contributed by atoms with Gasteiger partial charge in [-0.1, -0.05) is 6.42 Å². The monoisotopic (exact) mass is 133 g/mol. The summed E-state index contributed by atoms with van der Waals surface area (Å²) >= 11 is 0. The summed E-state index contributed by atoms with van der Waals surface area (Å²) in [5.74, 6) is -0.523. The number of Topliss-reactive ketones (excluding diaryl/α,β-unsaturated/α-hetero) is 1. The zero-order valence-corrected chi connectivity index (χ0v) is 5.61. The molecule has 2 N–H and O–H groups in total. The van der Waals surface area contributed by atoms with Gasteiger partial charge < -0.3 is 10.5 Å². The van der Waals surface area contributed by atoms with Crippen molar-refractivity contribution >= 4 is 5.78 Å².